The second-order valence-corrected chi connectivity index (χ2v) is 6.77. The summed E-state index contributed by atoms with van der Waals surface area (Å²) in [5.74, 6) is 5.08. The van der Waals surface area contributed by atoms with Gasteiger partial charge < -0.3 is 15.2 Å². The number of nitrogens with one attached hydrogen (secondary N) is 1. The lowest BCUT2D eigenvalue weighted by Crippen LogP contribution is -2.28. The normalized spacial score (nSPS) is 44.8. The van der Waals surface area contributed by atoms with Crippen molar-refractivity contribution in [3.63, 3.8) is 0 Å². The first-order valence-corrected chi connectivity index (χ1v) is 7.53. The number of ether oxygens (including phenoxy) is 1. The maximum Gasteiger partial charge on any atom is 0.127 e. The topological polar surface area (TPSA) is 41.5 Å². The summed E-state index contributed by atoms with van der Waals surface area (Å²) in [5, 5.41) is 13.3. The van der Waals surface area contributed by atoms with Gasteiger partial charge in [-0.2, -0.15) is 0 Å². The Balaban J connectivity index is 1.35. The largest absolute Gasteiger partial charge is 0.508 e. The van der Waals surface area contributed by atoms with Crippen LogP contribution in [-0.4, -0.2) is 17.8 Å². The Morgan fingerprint density at radius 2 is 1.95 bits per heavy atom. The van der Waals surface area contributed by atoms with Gasteiger partial charge in [0.15, 0.2) is 0 Å². The van der Waals surface area contributed by atoms with Crippen molar-refractivity contribution in [3.05, 3.63) is 23.8 Å². The lowest BCUT2D eigenvalue weighted by Gasteiger charge is -2.15. The minimum absolute atomic E-state index is 0.292. The molecule has 3 saturated carbocycles. The van der Waals surface area contributed by atoms with Crippen LogP contribution in [0.1, 0.15) is 30.9 Å². The van der Waals surface area contributed by atoms with Crippen molar-refractivity contribution in [2.75, 3.05) is 6.61 Å². The molecule has 5 rings (SSSR count). The summed E-state index contributed by atoms with van der Waals surface area (Å²) >= 11 is 0. The summed E-state index contributed by atoms with van der Waals surface area (Å²) in [7, 11) is 0. The molecule has 0 radical (unpaired) electrons. The summed E-state index contributed by atoms with van der Waals surface area (Å²) < 4.78 is 5.69. The molecule has 1 aromatic rings. The van der Waals surface area contributed by atoms with Crippen LogP contribution in [0.15, 0.2) is 18.2 Å². The number of rotatable bonds is 2. The van der Waals surface area contributed by atoms with Gasteiger partial charge in [-0.1, -0.05) is 0 Å². The van der Waals surface area contributed by atoms with Gasteiger partial charge in [0.1, 0.15) is 18.1 Å². The van der Waals surface area contributed by atoms with Gasteiger partial charge in [0.2, 0.25) is 0 Å². The third kappa shape index (κ3) is 1.37. The molecule has 0 amide bonds. The van der Waals surface area contributed by atoms with Crippen LogP contribution in [-0.2, 0) is 0 Å². The highest BCUT2D eigenvalue weighted by Crippen LogP contribution is 2.66. The molecule has 1 aromatic carbocycles. The van der Waals surface area contributed by atoms with Crippen LogP contribution in [0.3, 0.4) is 0 Å². The van der Waals surface area contributed by atoms with E-state index < -0.39 is 0 Å². The number of fused-ring (bicyclic) bond motifs is 6. The zero-order valence-corrected chi connectivity index (χ0v) is 10.9. The molecule has 19 heavy (non-hydrogen) atoms. The Kier molecular flexibility index (Phi) is 1.92. The highest BCUT2D eigenvalue weighted by Gasteiger charge is 2.65. The first-order valence-electron chi connectivity index (χ1n) is 7.53. The first-order chi connectivity index (χ1) is 9.31. The zero-order valence-electron chi connectivity index (χ0n) is 10.9. The molecule has 3 fully saturated rings. The summed E-state index contributed by atoms with van der Waals surface area (Å²) in [5.41, 5.74) is 1.22. The molecular formula is C16H19NO2. The number of benzene rings is 1. The van der Waals surface area contributed by atoms with Crippen molar-refractivity contribution in [3.8, 4) is 11.5 Å². The molecule has 3 aliphatic carbocycles. The van der Waals surface area contributed by atoms with Gasteiger partial charge in [0.05, 0.1) is 6.04 Å². The summed E-state index contributed by atoms with van der Waals surface area (Å²) in [6, 6.07) is 6.56. The Labute approximate surface area is 113 Å². The van der Waals surface area contributed by atoms with Crippen molar-refractivity contribution >= 4 is 0 Å². The van der Waals surface area contributed by atoms with Gasteiger partial charge in [-0.25, -0.2) is 0 Å². The minimum atomic E-state index is 0.292. The SMILES string of the molecule is Oc1ccc2c(c1)OCC2NC1C2C3CCC(C3)C12. The summed E-state index contributed by atoms with van der Waals surface area (Å²) in [6.07, 6.45) is 4.43. The molecule has 100 valence electrons. The van der Waals surface area contributed by atoms with E-state index in [-0.39, 0.29) is 0 Å². The van der Waals surface area contributed by atoms with Crippen LogP contribution in [0.4, 0.5) is 0 Å². The van der Waals surface area contributed by atoms with Gasteiger partial charge in [0.25, 0.3) is 0 Å². The third-order valence-electron chi connectivity index (χ3n) is 5.91. The van der Waals surface area contributed by atoms with E-state index in [0.717, 1.165) is 35.5 Å². The summed E-state index contributed by atoms with van der Waals surface area (Å²) in [6.45, 7) is 0.712. The highest BCUT2D eigenvalue weighted by molar-refractivity contribution is 5.44. The van der Waals surface area contributed by atoms with Crippen molar-refractivity contribution in [1.82, 2.24) is 5.32 Å². The molecule has 2 N–H and O–H groups in total. The standard InChI is InChI=1S/C16H19NO2/c18-10-3-4-11-12(7-19-13(11)6-10)17-16-14-8-1-2-9(5-8)15(14)16/h3-4,6,8-9,12,14-18H,1-2,5,7H2. The van der Waals surface area contributed by atoms with Crippen LogP contribution < -0.4 is 10.1 Å². The van der Waals surface area contributed by atoms with Crippen LogP contribution in [0.2, 0.25) is 0 Å². The molecule has 1 heterocycles. The lowest BCUT2D eigenvalue weighted by atomic mass is 10.0. The Morgan fingerprint density at radius 1 is 1.16 bits per heavy atom. The molecule has 5 unspecified atom stereocenters. The highest BCUT2D eigenvalue weighted by atomic mass is 16.5. The van der Waals surface area contributed by atoms with Crippen molar-refractivity contribution in [2.24, 2.45) is 23.7 Å². The van der Waals surface area contributed by atoms with Gasteiger partial charge in [0, 0.05) is 17.7 Å². The van der Waals surface area contributed by atoms with E-state index in [1.807, 2.05) is 6.07 Å². The predicted molar refractivity (Wildman–Crippen MR) is 71.1 cm³/mol. The van der Waals surface area contributed by atoms with E-state index in [1.165, 1.54) is 24.8 Å². The summed E-state index contributed by atoms with van der Waals surface area (Å²) in [4.78, 5) is 0. The van der Waals surface area contributed by atoms with E-state index in [9.17, 15) is 5.11 Å². The third-order valence-corrected chi connectivity index (χ3v) is 5.91. The molecular weight excluding hydrogens is 238 g/mol. The number of aromatic hydroxyl groups is 1. The number of hydrogen-bond donors (Lipinski definition) is 2. The Morgan fingerprint density at radius 3 is 2.74 bits per heavy atom. The lowest BCUT2D eigenvalue weighted by molar-refractivity contribution is 0.300. The average molecular weight is 257 g/mol. The molecule has 1 aliphatic heterocycles. The Bertz CT molecular complexity index is 528. The Hall–Kier alpha value is -1.22. The number of hydrogen-bond acceptors (Lipinski definition) is 3. The first kappa shape index (κ1) is 10.6. The molecule has 3 heteroatoms. The van der Waals surface area contributed by atoms with Crippen molar-refractivity contribution in [2.45, 2.75) is 31.3 Å². The zero-order chi connectivity index (χ0) is 12.6. The molecule has 0 saturated heterocycles. The fourth-order valence-corrected chi connectivity index (χ4v) is 5.12. The second kappa shape index (κ2) is 3.45. The van der Waals surface area contributed by atoms with Crippen LogP contribution >= 0.6 is 0 Å². The van der Waals surface area contributed by atoms with E-state index in [2.05, 4.69) is 5.32 Å². The smallest absolute Gasteiger partial charge is 0.127 e. The molecule has 5 atom stereocenters. The van der Waals surface area contributed by atoms with E-state index in [0.29, 0.717) is 18.4 Å². The van der Waals surface area contributed by atoms with E-state index >= 15 is 0 Å². The van der Waals surface area contributed by atoms with Crippen LogP contribution in [0.5, 0.6) is 11.5 Å². The van der Waals surface area contributed by atoms with Gasteiger partial charge in [-0.15, -0.1) is 0 Å². The quantitative estimate of drug-likeness (QED) is 0.855. The minimum Gasteiger partial charge on any atom is -0.508 e. The van der Waals surface area contributed by atoms with Crippen LogP contribution in [0, 0.1) is 23.7 Å². The molecule has 0 spiro atoms. The molecule has 0 aromatic heterocycles. The predicted octanol–water partition coefficient (Wildman–Crippen LogP) is 2.46. The maximum atomic E-state index is 9.49. The average Bonchev–Trinajstić information content (AvgIpc) is 2.79. The molecule has 2 bridgehead atoms. The monoisotopic (exact) mass is 257 g/mol. The maximum absolute atomic E-state index is 9.49. The fourth-order valence-electron chi connectivity index (χ4n) is 5.12. The number of phenols is 1. The van der Waals surface area contributed by atoms with Gasteiger partial charge in [-0.3, -0.25) is 0 Å². The van der Waals surface area contributed by atoms with Crippen molar-refractivity contribution in [1.29, 1.82) is 0 Å². The number of phenolic OH excluding ortho intramolecular Hbond substituents is 1. The van der Waals surface area contributed by atoms with E-state index in [1.54, 1.807) is 12.1 Å². The van der Waals surface area contributed by atoms with Gasteiger partial charge in [-0.05, 0) is 55.1 Å². The molecule has 4 aliphatic rings. The molecule has 3 nitrogen and oxygen atoms in total. The van der Waals surface area contributed by atoms with Gasteiger partial charge >= 0.3 is 0 Å². The van der Waals surface area contributed by atoms with Crippen LogP contribution in [0.25, 0.3) is 0 Å². The second-order valence-electron chi connectivity index (χ2n) is 6.77. The van der Waals surface area contributed by atoms with Crippen molar-refractivity contribution < 1.29 is 9.84 Å². The van der Waals surface area contributed by atoms with E-state index in [4.69, 9.17) is 4.74 Å². The fraction of sp³-hybridized carbons (Fsp3) is 0.625.